The Balaban J connectivity index is 0.00000107. The van der Waals surface area contributed by atoms with Gasteiger partial charge in [-0.2, -0.15) is 0 Å². The standard InChI is InChI=1S/C25H30N2O2.C5H10O2.C3H8.2C2H6/c1-4-27(3)24(28)20-12-10-19(11-13-20)22-18-25(14-7-16-26(2)17-15-25)29-23-9-6-5-8-21(22)23;1-5(2,3)7-4-6;1-3-2;2*1-2/h5-6,8-13,18H,4,7,14-17H2,1-3H3;4H,1-3H3;3H2,1-2H3;2*1-2H3. The van der Waals surface area contributed by atoms with Crippen molar-refractivity contribution in [2.24, 2.45) is 0 Å². The van der Waals surface area contributed by atoms with Gasteiger partial charge in [0, 0.05) is 37.7 Å². The van der Waals surface area contributed by atoms with E-state index in [0.717, 1.165) is 54.8 Å². The van der Waals surface area contributed by atoms with E-state index in [-0.39, 0.29) is 17.1 Å². The van der Waals surface area contributed by atoms with Crippen LogP contribution in [0, 0.1) is 0 Å². The molecule has 0 bridgehead atoms. The number of ether oxygens (including phenoxy) is 2. The Morgan fingerprint density at radius 3 is 2.07 bits per heavy atom. The van der Waals surface area contributed by atoms with Crippen molar-refractivity contribution >= 4 is 18.0 Å². The summed E-state index contributed by atoms with van der Waals surface area (Å²) in [6.07, 6.45) is 6.72. The molecule has 1 fully saturated rings. The lowest BCUT2D eigenvalue weighted by molar-refractivity contribution is -0.138. The summed E-state index contributed by atoms with van der Waals surface area (Å²) in [5.41, 5.74) is 3.62. The van der Waals surface area contributed by atoms with Crippen molar-refractivity contribution in [2.45, 2.75) is 106 Å². The molecule has 0 aromatic heterocycles. The van der Waals surface area contributed by atoms with E-state index in [1.807, 2.05) is 80.6 Å². The van der Waals surface area contributed by atoms with Gasteiger partial charge in [-0.15, -0.1) is 0 Å². The largest absolute Gasteiger partial charge is 0.482 e. The summed E-state index contributed by atoms with van der Waals surface area (Å²) in [6.45, 7) is 23.0. The molecule has 0 radical (unpaired) electrons. The van der Waals surface area contributed by atoms with Gasteiger partial charge in [0.15, 0.2) is 0 Å². The summed E-state index contributed by atoms with van der Waals surface area (Å²) < 4.78 is 11.1. The van der Waals surface area contributed by atoms with Gasteiger partial charge in [0.2, 0.25) is 0 Å². The first-order valence-corrected chi connectivity index (χ1v) is 16.2. The van der Waals surface area contributed by atoms with Crippen molar-refractivity contribution < 1.29 is 19.1 Å². The fourth-order valence-electron chi connectivity index (χ4n) is 4.42. The van der Waals surface area contributed by atoms with Crippen molar-refractivity contribution in [3.8, 4) is 5.75 Å². The number of rotatable bonds is 4. The van der Waals surface area contributed by atoms with Gasteiger partial charge in [0.05, 0.1) is 0 Å². The third-order valence-corrected chi connectivity index (χ3v) is 6.62. The van der Waals surface area contributed by atoms with Gasteiger partial charge in [-0.25, -0.2) is 0 Å². The predicted octanol–water partition coefficient (Wildman–Crippen LogP) is 8.88. The molecule has 1 unspecified atom stereocenters. The number of likely N-dealkylation sites (tertiary alicyclic amines) is 1. The monoisotopic (exact) mass is 596 g/mol. The Hall–Kier alpha value is -3.12. The van der Waals surface area contributed by atoms with Crippen molar-refractivity contribution in [1.82, 2.24) is 9.80 Å². The highest BCUT2D eigenvalue weighted by atomic mass is 16.5. The number of carbonyl (C=O) groups excluding carboxylic acids is 2. The first kappa shape index (κ1) is 39.9. The Morgan fingerprint density at radius 2 is 1.56 bits per heavy atom. The molecule has 0 N–H and O–H groups in total. The van der Waals surface area contributed by atoms with Crippen LogP contribution in [0.3, 0.4) is 0 Å². The van der Waals surface area contributed by atoms with Crippen LogP contribution in [0.15, 0.2) is 54.6 Å². The summed E-state index contributed by atoms with van der Waals surface area (Å²) >= 11 is 0. The van der Waals surface area contributed by atoms with Gasteiger partial charge >= 0.3 is 0 Å². The fourth-order valence-corrected chi connectivity index (χ4v) is 4.42. The van der Waals surface area contributed by atoms with E-state index in [1.165, 1.54) is 12.0 Å². The van der Waals surface area contributed by atoms with Crippen LogP contribution >= 0.6 is 0 Å². The predicted molar refractivity (Wildman–Crippen MR) is 183 cm³/mol. The van der Waals surface area contributed by atoms with Gasteiger partial charge in [0.25, 0.3) is 12.4 Å². The number of hydrogen-bond acceptors (Lipinski definition) is 5. The molecule has 0 saturated carbocycles. The first-order valence-electron chi connectivity index (χ1n) is 16.2. The van der Waals surface area contributed by atoms with Crippen LogP contribution in [0.5, 0.6) is 5.75 Å². The molecule has 1 spiro atoms. The molecular formula is C37H60N2O4. The number of amides is 1. The molecule has 2 aliphatic rings. The van der Waals surface area contributed by atoms with E-state index < -0.39 is 0 Å². The third-order valence-electron chi connectivity index (χ3n) is 6.62. The summed E-state index contributed by atoms with van der Waals surface area (Å²) in [5.74, 6) is 1.02. The maximum absolute atomic E-state index is 12.5. The average Bonchev–Trinajstić information content (AvgIpc) is 3.18. The molecule has 1 amide bonds. The van der Waals surface area contributed by atoms with Crippen LogP contribution in [-0.2, 0) is 9.53 Å². The maximum atomic E-state index is 12.5. The number of carbonyl (C=O) groups is 2. The summed E-state index contributed by atoms with van der Waals surface area (Å²) in [5, 5.41) is 0. The van der Waals surface area contributed by atoms with Crippen LogP contribution < -0.4 is 4.74 Å². The van der Waals surface area contributed by atoms with Crippen LogP contribution in [0.25, 0.3) is 5.57 Å². The van der Waals surface area contributed by atoms with Gasteiger partial charge in [0.1, 0.15) is 17.0 Å². The van der Waals surface area contributed by atoms with E-state index in [9.17, 15) is 9.59 Å². The molecule has 2 aliphatic heterocycles. The van der Waals surface area contributed by atoms with Crippen LogP contribution in [0.1, 0.15) is 116 Å². The van der Waals surface area contributed by atoms with E-state index in [2.05, 4.69) is 66.9 Å². The van der Waals surface area contributed by atoms with Crippen molar-refractivity contribution in [3.05, 3.63) is 71.3 Å². The fraction of sp³-hybridized carbons (Fsp3) is 0.568. The molecule has 2 heterocycles. The Bertz CT molecular complexity index is 1090. The zero-order valence-corrected chi connectivity index (χ0v) is 29.3. The zero-order chi connectivity index (χ0) is 33.1. The first-order chi connectivity index (χ1) is 20.5. The number of fused-ring (bicyclic) bond motifs is 1. The minimum absolute atomic E-state index is 0.0590. The lowest BCUT2D eigenvalue weighted by atomic mass is 9.84. The molecule has 0 aliphatic carbocycles. The molecule has 6 nitrogen and oxygen atoms in total. The molecule has 2 aromatic carbocycles. The SMILES string of the molecule is CC.CC.CC(C)(C)OC=O.CCC.CCN(C)C(=O)c1ccc(C2=CC3(CCCN(C)CC3)Oc3ccccc32)cc1. The highest BCUT2D eigenvalue weighted by Gasteiger charge is 2.37. The topological polar surface area (TPSA) is 59.1 Å². The number of nitrogens with zero attached hydrogens (tertiary/aromatic N) is 2. The molecule has 6 heteroatoms. The molecule has 4 rings (SSSR count). The third kappa shape index (κ3) is 13.4. The lowest BCUT2D eigenvalue weighted by Gasteiger charge is -2.36. The highest BCUT2D eigenvalue weighted by molar-refractivity contribution is 5.95. The van der Waals surface area contributed by atoms with Crippen LogP contribution in [0.2, 0.25) is 0 Å². The zero-order valence-electron chi connectivity index (χ0n) is 29.3. The van der Waals surface area contributed by atoms with E-state index in [4.69, 9.17) is 4.74 Å². The highest BCUT2D eigenvalue weighted by Crippen LogP contribution is 2.43. The van der Waals surface area contributed by atoms with Gasteiger partial charge in [-0.05, 0) is 89.5 Å². The van der Waals surface area contributed by atoms with Crippen molar-refractivity contribution in [2.75, 3.05) is 33.7 Å². The maximum Gasteiger partial charge on any atom is 0.293 e. The summed E-state index contributed by atoms with van der Waals surface area (Å²) in [4.78, 5) is 26.2. The average molecular weight is 597 g/mol. The van der Waals surface area contributed by atoms with Gasteiger partial charge in [-0.1, -0.05) is 78.3 Å². The summed E-state index contributed by atoms with van der Waals surface area (Å²) in [6, 6.07) is 16.3. The smallest absolute Gasteiger partial charge is 0.293 e. The minimum atomic E-state index is -0.318. The quantitative estimate of drug-likeness (QED) is 0.330. The molecule has 2 aromatic rings. The second kappa shape index (κ2) is 20.7. The Kier molecular flexibility index (Phi) is 19.2. The number of para-hydroxylation sites is 1. The van der Waals surface area contributed by atoms with Crippen molar-refractivity contribution in [3.63, 3.8) is 0 Å². The number of benzene rings is 2. The minimum Gasteiger partial charge on any atom is -0.482 e. The summed E-state index contributed by atoms with van der Waals surface area (Å²) in [7, 11) is 4.02. The van der Waals surface area contributed by atoms with Gasteiger partial charge < -0.3 is 19.3 Å². The normalized spacial score (nSPS) is 17.1. The Labute approximate surface area is 263 Å². The van der Waals surface area contributed by atoms with E-state index in [0.29, 0.717) is 13.0 Å². The van der Waals surface area contributed by atoms with Crippen LogP contribution in [0.4, 0.5) is 0 Å². The van der Waals surface area contributed by atoms with Gasteiger partial charge in [-0.3, -0.25) is 9.59 Å². The number of hydrogen-bond donors (Lipinski definition) is 0. The second-order valence-corrected chi connectivity index (χ2v) is 11.3. The van der Waals surface area contributed by atoms with Crippen molar-refractivity contribution in [1.29, 1.82) is 0 Å². The Morgan fingerprint density at radius 1 is 0.977 bits per heavy atom. The van der Waals surface area contributed by atoms with E-state index >= 15 is 0 Å². The van der Waals surface area contributed by atoms with E-state index in [1.54, 1.807) is 4.90 Å². The molecular weight excluding hydrogens is 536 g/mol. The lowest BCUT2D eigenvalue weighted by Crippen LogP contribution is -2.37. The molecule has 43 heavy (non-hydrogen) atoms. The molecule has 1 saturated heterocycles. The van der Waals surface area contributed by atoms with Crippen LogP contribution in [-0.4, -0.2) is 67.1 Å². The second-order valence-electron chi connectivity index (χ2n) is 11.3. The molecule has 242 valence electrons. The molecule has 1 atom stereocenters.